The zero-order valence-corrected chi connectivity index (χ0v) is 17.3. The van der Waals surface area contributed by atoms with Crippen molar-refractivity contribution in [3.63, 3.8) is 0 Å². The van der Waals surface area contributed by atoms with E-state index in [0.29, 0.717) is 11.4 Å². The third kappa shape index (κ3) is 5.73. The highest BCUT2D eigenvalue weighted by molar-refractivity contribution is 6.08. The van der Waals surface area contributed by atoms with Crippen LogP contribution in [0.5, 0.6) is 0 Å². The summed E-state index contributed by atoms with van der Waals surface area (Å²) in [5, 5.41) is 5.57. The first-order chi connectivity index (χ1) is 14.1. The van der Waals surface area contributed by atoms with Crippen LogP contribution in [0.15, 0.2) is 48.5 Å². The summed E-state index contributed by atoms with van der Waals surface area (Å²) in [5.74, 6) is -0.650. The molecule has 2 amide bonds. The number of carbonyl (C=O) groups is 2. The zero-order chi connectivity index (χ0) is 20.6. The molecule has 2 N–H and O–H groups in total. The van der Waals surface area contributed by atoms with E-state index in [1.807, 2.05) is 48.5 Å². The van der Waals surface area contributed by atoms with Crippen LogP contribution in [0.25, 0.3) is 0 Å². The van der Waals surface area contributed by atoms with E-state index in [9.17, 15) is 9.59 Å². The van der Waals surface area contributed by atoms with Crippen LogP contribution in [-0.2, 0) is 9.59 Å². The summed E-state index contributed by atoms with van der Waals surface area (Å²) in [6.07, 6.45) is 2.24. The number of amides is 2. The van der Waals surface area contributed by atoms with Crippen LogP contribution in [0.4, 0.5) is 22.7 Å². The van der Waals surface area contributed by atoms with Crippen molar-refractivity contribution >= 4 is 34.6 Å². The van der Waals surface area contributed by atoms with Crippen LogP contribution in [0.2, 0.25) is 0 Å². The summed E-state index contributed by atoms with van der Waals surface area (Å²) in [7, 11) is 0. The van der Waals surface area contributed by atoms with Crippen molar-refractivity contribution in [1.82, 2.24) is 0 Å². The molecule has 6 heteroatoms. The minimum atomic E-state index is -0.327. The lowest BCUT2D eigenvalue weighted by Crippen LogP contribution is -2.22. The van der Waals surface area contributed by atoms with E-state index in [1.54, 1.807) is 0 Å². The predicted octanol–water partition coefficient (Wildman–Crippen LogP) is 4.10. The van der Waals surface area contributed by atoms with Gasteiger partial charge in [0.1, 0.15) is 6.42 Å². The van der Waals surface area contributed by atoms with Crippen molar-refractivity contribution in [1.29, 1.82) is 0 Å². The molecule has 1 aliphatic rings. The molecule has 0 radical (unpaired) electrons. The lowest BCUT2D eigenvalue weighted by atomic mass is 10.2. The molecule has 1 saturated heterocycles. The fourth-order valence-corrected chi connectivity index (χ4v) is 3.63. The minimum absolute atomic E-state index is 0.217. The standard InChI is InChI=1S/C23H30N4O2/c1-3-26(4-2)20-11-7-18(8-12-20)24-22(28)17-23(29)25-19-9-13-21(14-10-19)27-15-5-6-16-27/h7-14H,3-6,15-17H2,1-2H3,(H,24,28)(H,25,29). The Labute approximate surface area is 172 Å². The smallest absolute Gasteiger partial charge is 0.233 e. The molecule has 1 aliphatic heterocycles. The number of nitrogens with zero attached hydrogens (tertiary/aromatic N) is 2. The van der Waals surface area contributed by atoms with Gasteiger partial charge in [0.25, 0.3) is 0 Å². The maximum atomic E-state index is 12.2. The third-order valence-corrected chi connectivity index (χ3v) is 5.22. The van der Waals surface area contributed by atoms with Crippen LogP contribution >= 0.6 is 0 Å². The Hall–Kier alpha value is -3.02. The number of hydrogen-bond donors (Lipinski definition) is 2. The van der Waals surface area contributed by atoms with Crippen molar-refractivity contribution in [2.24, 2.45) is 0 Å². The molecular weight excluding hydrogens is 364 g/mol. The fraction of sp³-hybridized carbons (Fsp3) is 0.391. The monoisotopic (exact) mass is 394 g/mol. The highest BCUT2D eigenvalue weighted by Crippen LogP contribution is 2.22. The van der Waals surface area contributed by atoms with Gasteiger partial charge in [0.15, 0.2) is 0 Å². The zero-order valence-electron chi connectivity index (χ0n) is 17.3. The van der Waals surface area contributed by atoms with Gasteiger partial charge in [-0.2, -0.15) is 0 Å². The average molecular weight is 395 g/mol. The SMILES string of the molecule is CCN(CC)c1ccc(NC(=O)CC(=O)Nc2ccc(N3CCCC3)cc2)cc1. The molecule has 0 spiro atoms. The Morgan fingerprint density at radius 2 is 1.31 bits per heavy atom. The number of benzene rings is 2. The number of anilines is 4. The molecule has 6 nitrogen and oxygen atoms in total. The first-order valence-electron chi connectivity index (χ1n) is 10.4. The molecule has 1 fully saturated rings. The first kappa shape index (κ1) is 20.7. The van der Waals surface area contributed by atoms with E-state index >= 15 is 0 Å². The molecule has 0 atom stereocenters. The molecule has 0 aromatic heterocycles. The summed E-state index contributed by atoms with van der Waals surface area (Å²) in [5.41, 5.74) is 3.68. The van der Waals surface area contributed by atoms with Gasteiger partial charge in [-0.3, -0.25) is 9.59 Å². The Morgan fingerprint density at radius 1 is 0.828 bits per heavy atom. The molecule has 3 rings (SSSR count). The van der Waals surface area contributed by atoms with E-state index < -0.39 is 0 Å². The van der Waals surface area contributed by atoms with E-state index in [2.05, 4.69) is 34.3 Å². The number of carbonyl (C=O) groups excluding carboxylic acids is 2. The molecule has 29 heavy (non-hydrogen) atoms. The second kappa shape index (κ2) is 9.96. The minimum Gasteiger partial charge on any atom is -0.372 e. The maximum Gasteiger partial charge on any atom is 0.233 e. The molecule has 0 aliphatic carbocycles. The van der Waals surface area contributed by atoms with Gasteiger partial charge < -0.3 is 20.4 Å². The van der Waals surface area contributed by atoms with Crippen molar-refractivity contribution < 1.29 is 9.59 Å². The Bertz CT molecular complexity index is 750. The van der Waals surface area contributed by atoms with Gasteiger partial charge in [-0.15, -0.1) is 0 Å². The lowest BCUT2D eigenvalue weighted by Gasteiger charge is -2.21. The highest BCUT2D eigenvalue weighted by Gasteiger charge is 2.13. The van der Waals surface area contributed by atoms with Gasteiger partial charge in [-0.25, -0.2) is 0 Å². The summed E-state index contributed by atoms with van der Waals surface area (Å²) in [6.45, 7) is 8.25. The maximum absolute atomic E-state index is 12.2. The quantitative estimate of drug-likeness (QED) is 0.662. The topological polar surface area (TPSA) is 64.7 Å². The van der Waals surface area contributed by atoms with Gasteiger partial charge in [0, 0.05) is 48.9 Å². The van der Waals surface area contributed by atoms with Crippen LogP contribution in [-0.4, -0.2) is 38.0 Å². The second-order valence-corrected chi connectivity index (χ2v) is 7.23. The van der Waals surface area contributed by atoms with E-state index in [4.69, 9.17) is 0 Å². The Morgan fingerprint density at radius 3 is 1.79 bits per heavy atom. The molecule has 1 heterocycles. The van der Waals surface area contributed by atoms with Gasteiger partial charge in [0.05, 0.1) is 0 Å². The highest BCUT2D eigenvalue weighted by atomic mass is 16.2. The van der Waals surface area contributed by atoms with Gasteiger partial charge >= 0.3 is 0 Å². The first-order valence-corrected chi connectivity index (χ1v) is 10.4. The third-order valence-electron chi connectivity index (χ3n) is 5.22. The summed E-state index contributed by atoms with van der Waals surface area (Å²) < 4.78 is 0. The van der Waals surface area contributed by atoms with Crippen LogP contribution in [0.1, 0.15) is 33.1 Å². The van der Waals surface area contributed by atoms with Crippen LogP contribution in [0, 0.1) is 0 Å². The molecule has 0 saturated carbocycles. The molecule has 2 aromatic rings. The number of hydrogen-bond acceptors (Lipinski definition) is 4. The van der Waals surface area contributed by atoms with Crippen LogP contribution < -0.4 is 20.4 Å². The van der Waals surface area contributed by atoms with Crippen molar-refractivity contribution in [3.8, 4) is 0 Å². The van der Waals surface area contributed by atoms with Crippen molar-refractivity contribution in [3.05, 3.63) is 48.5 Å². The molecule has 0 bridgehead atoms. The second-order valence-electron chi connectivity index (χ2n) is 7.23. The van der Waals surface area contributed by atoms with Gasteiger partial charge in [-0.1, -0.05) is 0 Å². The number of nitrogens with one attached hydrogen (secondary N) is 2. The molecule has 2 aromatic carbocycles. The normalized spacial score (nSPS) is 13.2. The van der Waals surface area contributed by atoms with E-state index in [1.165, 1.54) is 18.5 Å². The van der Waals surface area contributed by atoms with E-state index in [-0.39, 0.29) is 18.2 Å². The summed E-state index contributed by atoms with van der Waals surface area (Å²) >= 11 is 0. The largest absolute Gasteiger partial charge is 0.372 e. The molecule has 154 valence electrons. The van der Waals surface area contributed by atoms with Gasteiger partial charge in [-0.05, 0) is 75.2 Å². The Balaban J connectivity index is 1.48. The van der Waals surface area contributed by atoms with Crippen LogP contribution in [0.3, 0.4) is 0 Å². The average Bonchev–Trinajstić information content (AvgIpc) is 3.25. The molecule has 0 unspecified atom stereocenters. The number of rotatable bonds is 8. The van der Waals surface area contributed by atoms with Gasteiger partial charge in [0.2, 0.25) is 11.8 Å². The van der Waals surface area contributed by atoms with E-state index in [0.717, 1.165) is 31.9 Å². The fourth-order valence-electron chi connectivity index (χ4n) is 3.63. The van der Waals surface area contributed by atoms with Crippen molar-refractivity contribution in [2.45, 2.75) is 33.1 Å². The summed E-state index contributed by atoms with van der Waals surface area (Å²) in [4.78, 5) is 28.9. The summed E-state index contributed by atoms with van der Waals surface area (Å²) in [6, 6.07) is 15.5. The predicted molar refractivity (Wildman–Crippen MR) is 120 cm³/mol. The Kier molecular flexibility index (Phi) is 7.11. The van der Waals surface area contributed by atoms with Crippen molar-refractivity contribution in [2.75, 3.05) is 46.6 Å². The molecular formula is C23H30N4O2. The lowest BCUT2D eigenvalue weighted by molar-refractivity contribution is -0.123.